The fraction of sp³-hybridized carbons (Fsp3) is 0.714. The molecule has 0 spiro atoms. The van der Waals surface area contributed by atoms with E-state index in [1.54, 1.807) is 0 Å². The van der Waals surface area contributed by atoms with E-state index in [0.29, 0.717) is 13.1 Å². The normalized spacial score (nSPS) is 12.8. The molecule has 1 amide bonds. The lowest BCUT2D eigenvalue weighted by Gasteiger charge is -2.28. The van der Waals surface area contributed by atoms with Gasteiger partial charge in [0.1, 0.15) is 0 Å². The van der Waals surface area contributed by atoms with Crippen molar-refractivity contribution in [2.75, 3.05) is 19.3 Å². The minimum Gasteiger partial charge on any atom is -0.343 e. The Morgan fingerprint density at radius 2 is 1.91 bits per heavy atom. The Morgan fingerprint density at radius 1 is 1.55 bits per heavy atom. The van der Waals surface area contributed by atoms with Crippen molar-refractivity contribution in [2.45, 2.75) is 13.8 Å². The number of rotatable bonds is 2. The Balaban J connectivity index is 4.22. The number of carbonyl (C=O) groups is 1. The quantitative estimate of drug-likeness (QED) is 0.701. The summed E-state index contributed by atoms with van der Waals surface area (Å²) < 4.78 is 9.19. The Kier molecular flexibility index (Phi) is 3.89. The van der Waals surface area contributed by atoms with Crippen LogP contribution in [0.15, 0.2) is 0 Å². The van der Waals surface area contributed by atoms with Crippen LogP contribution in [0, 0.1) is 6.26 Å². The lowest BCUT2D eigenvalue weighted by Crippen LogP contribution is -2.31. The lowest BCUT2D eigenvalue weighted by atomic mass is 10.6. The molecule has 0 heterocycles. The van der Waals surface area contributed by atoms with Crippen molar-refractivity contribution in [2.24, 2.45) is 0 Å². The van der Waals surface area contributed by atoms with Crippen LogP contribution in [0.1, 0.15) is 13.8 Å². The van der Waals surface area contributed by atoms with Gasteiger partial charge in [-0.05, 0) is 20.1 Å². The molecule has 11 heavy (non-hydrogen) atoms. The number of nitrogens with zero attached hydrogens (tertiary/aromatic N) is 1. The zero-order chi connectivity index (χ0) is 9.07. The van der Waals surface area contributed by atoms with E-state index in [1.165, 1.54) is 11.2 Å². The molecule has 1 atom stereocenters. The van der Waals surface area contributed by atoms with Gasteiger partial charge >= 0.3 is 0 Å². The minimum absolute atomic E-state index is 0.345. The maximum Gasteiger partial charge on any atom is 0.286 e. The Morgan fingerprint density at radius 3 is 2.00 bits per heavy atom. The fourth-order valence-corrected chi connectivity index (χ4v) is 1.52. The third-order valence-electron chi connectivity index (χ3n) is 1.38. The van der Waals surface area contributed by atoms with Gasteiger partial charge in [0.2, 0.25) is 0 Å². The number of carbonyl (C=O) groups excluding carboxylic acids is 1. The summed E-state index contributed by atoms with van der Waals surface area (Å²) in [6, 6.07) is 0. The molecule has 0 aromatic carbocycles. The maximum absolute atomic E-state index is 11.2. The van der Waals surface area contributed by atoms with Gasteiger partial charge in [-0.1, -0.05) is 10.3 Å². The van der Waals surface area contributed by atoms with Crippen molar-refractivity contribution in [3.8, 4) is 0 Å². The van der Waals surface area contributed by atoms with Crippen LogP contribution in [-0.4, -0.2) is 34.0 Å². The fourth-order valence-electron chi connectivity index (χ4n) is 0.743. The van der Waals surface area contributed by atoms with E-state index in [4.69, 9.17) is 6.26 Å². The topological polar surface area (TPSA) is 40.5 Å². The number of hydrogen-bond acceptors (Lipinski definition) is 2. The van der Waals surface area contributed by atoms with E-state index in [9.17, 15) is 9.35 Å². The Labute approximate surface area is 69.9 Å². The summed E-state index contributed by atoms with van der Waals surface area (Å²) in [7, 11) is -2.54. The highest BCUT2D eigenvalue weighted by atomic mass is 32.3. The second-order valence-electron chi connectivity index (χ2n) is 2.38. The summed E-state index contributed by atoms with van der Waals surface area (Å²) in [6.45, 7) is 4.89. The van der Waals surface area contributed by atoms with E-state index in [-0.39, 0.29) is 5.24 Å². The van der Waals surface area contributed by atoms with Gasteiger partial charge in [-0.3, -0.25) is 4.79 Å². The van der Waals surface area contributed by atoms with Crippen LogP contribution in [0.25, 0.3) is 0 Å². The van der Waals surface area contributed by atoms with Gasteiger partial charge in [-0.15, -0.1) is 0 Å². The molecular formula is C7H15NO2S. The zero-order valence-electron chi connectivity index (χ0n) is 7.20. The van der Waals surface area contributed by atoms with Crippen molar-refractivity contribution >= 4 is 15.5 Å². The summed E-state index contributed by atoms with van der Waals surface area (Å²) in [5, 5.41) is -0.345. The maximum atomic E-state index is 11.2. The first-order valence-electron chi connectivity index (χ1n) is 3.51. The van der Waals surface area contributed by atoms with Crippen LogP contribution < -0.4 is 0 Å². The van der Waals surface area contributed by atoms with Gasteiger partial charge in [-0.25, -0.2) is 0 Å². The van der Waals surface area contributed by atoms with Gasteiger partial charge in [0.25, 0.3) is 5.24 Å². The summed E-state index contributed by atoms with van der Waals surface area (Å²) >= 11 is 0. The van der Waals surface area contributed by atoms with E-state index in [0.717, 1.165) is 0 Å². The summed E-state index contributed by atoms with van der Waals surface area (Å²) in [4.78, 5) is 12.7. The smallest absolute Gasteiger partial charge is 0.286 e. The first-order valence-corrected chi connectivity index (χ1v) is 5.57. The van der Waals surface area contributed by atoms with Crippen molar-refractivity contribution in [3.05, 3.63) is 6.26 Å². The first-order chi connectivity index (χ1) is 4.93. The Bertz CT molecular complexity index is 138. The molecule has 0 aliphatic rings. The number of hydrogen-bond donors (Lipinski definition) is 1. The second-order valence-corrected chi connectivity index (χ2v) is 4.60. The van der Waals surface area contributed by atoms with Crippen LogP contribution in [0.2, 0.25) is 0 Å². The summed E-state index contributed by atoms with van der Waals surface area (Å²) in [6.07, 6.45) is 6.65. The van der Waals surface area contributed by atoms with Crippen molar-refractivity contribution in [1.82, 2.24) is 4.90 Å². The molecule has 0 saturated heterocycles. The SMILES string of the molecule is [CH]S(C)(O)C(=O)N(CC)CC. The second kappa shape index (κ2) is 3.97. The first kappa shape index (κ1) is 10.8. The van der Waals surface area contributed by atoms with Crippen molar-refractivity contribution in [3.63, 3.8) is 0 Å². The van der Waals surface area contributed by atoms with Crippen LogP contribution in [-0.2, 0) is 0 Å². The minimum atomic E-state index is -2.54. The van der Waals surface area contributed by atoms with E-state index < -0.39 is 10.3 Å². The van der Waals surface area contributed by atoms with E-state index in [2.05, 4.69) is 0 Å². The van der Waals surface area contributed by atoms with Crippen LogP contribution in [0.5, 0.6) is 0 Å². The summed E-state index contributed by atoms with van der Waals surface area (Å²) in [5.74, 6) is 0. The van der Waals surface area contributed by atoms with Gasteiger partial charge in [0.05, 0.1) is 0 Å². The predicted octanol–water partition coefficient (Wildman–Crippen LogP) is 2.02. The molecule has 0 fully saturated rings. The molecule has 0 aliphatic carbocycles. The number of amides is 1. The average Bonchev–Trinajstić information content (AvgIpc) is 1.88. The highest BCUT2D eigenvalue weighted by molar-refractivity contribution is 8.41. The van der Waals surface area contributed by atoms with E-state index in [1.807, 2.05) is 13.8 Å². The molecule has 66 valence electrons. The molecule has 1 N–H and O–H groups in total. The zero-order valence-corrected chi connectivity index (χ0v) is 8.02. The monoisotopic (exact) mass is 177 g/mol. The summed E-state index contributed by atoms with van der Waals surface area (Å²) in [5.41, 5.74) is 0. The molecule has 4 heteroatoms. The average molecular weight is 177 g/mol. The van der Waals surface area contributed by atoms with Crippen molar-refractivity contribution < 1.29 is 9.35 Å². The standard InChI is InChI=1S/C7H15NO2S/c1-5-8(6-2)7(9)11(3,4)10/h3,10H,5-6H2,1-2,4H3. The molecule has 0 aliphatic heterocycles. The lowest BCUT2D eigenvalue weighted by molar-refractivity contribution is 0.226. The largest absolute Gasteiger partial charge is 0.343 e. The van der Waals surface area contributed by atoms with Crippen molar-refractivity contribution in [1.29, 1.82) is 0 Å². The third-order valence-corrected chi connectivity index (χ3v) is 2.34. The molecular weight excluding hydrogens is 162 g/mol. The highest BCUT2D eigenvalue weighted by Crippen LogP contribution is 2.39. The van der Waals surface area contributed by atoms with Gasteiger partial charge in [0.15, 0.2) is 0 Å². The van der Waals surface area contributed by atoms with Gasteiger partial charge in [0, 0.05) is 19.3 Å². The van der Waals surface area contributed by atoms with Gasteiger partial charge < -0.3 is 9.45 Å². The Hall–Kier alpha value is -0.220. The molecule has 3 nitrogen and oxygen atoms in total. The molecule has 1 unspecified atom stereocenters. The van der Waals surface area contributed by atoms with Crippen LogP contribution in [0.4, 0.5) is 4.79 Å². The van der Waals surface area contributed by atoms with Gasteiger partial charge in [-0.2, -0.15) is 0 Å². The van der Waals surface area contributed by atoms with Crippen LogP contribution in [0.3, 0.4) is 0 Å². The van der Waals surface area contributed by atoms with Crippen LogP contribution >= 0.6 is 10.3 Å². The molecule has 0 aromatic heterocycles. The molecule has 2 radical (unpaired) electrons. The highest BCUT2D eigenvalue weighted by Gasteiger charge is 2.22. The molecule has 0 saturated carbocycles. The third kappa shape index (κ3) is 3.12. The molecule has 0 aromatic rings. The predicted molar refractivity (Wildman–Crippen MR) is 48.8 cm³/mol. The van der Waals surface area contributed by atoms with E-state index >= 15 is 0 Å². The molecule has 0 bridgehead atoms. The molecule has 0 rings (SSSR count).